The van der Waals surface area contributed by atoms with E-state index in [0.717, 1.165) is 30.3 Å². The molecule has 0 aromatic heterocycles. The Kier molecular flexibility index (Phi) is 9.26. The molecule has 1 amide bonds. The highest BCUT2D eigenvalue weighted by Gasteiger charge is 2.20. The topological polar surface area (TPSA) is 90.9 Å². The molecule has 22 heavy (non-hydrogen) atoms. The Bertz CT molecular complexity index is 473. The van der Waals surface area contributed by atoms with E-state index in [1.165, 1.54) is 6.92 Å². The lowest BCUT2D eigenvalue weighted by Gasteiger charge is -2.27. The molecular weight excluding hydrogens is 312 g/mol. The van der Waals surface area contributed by atoms with E-state index in [2.05, 4.69) is 25.2 Å². The fourth-order valence-corrected chi connectivity index (χ4v) is 2.01. The Balaban J connectivity index is 0.000000406. The van der Waals surface area contributed by atoms with Crippen molar-refractivity contribution >= 4 is 16.2 Å². The fourth-order valence-electron chi connectivity index (χ4n) is 1.27. The third kappa shape index (κ3) is 10.6. The molecule has 0 saturated carbocycles. The van der Waals surface area contributed by atoms with Gasteiger partial charge in [0.2, 0.25) is 0 Å². The van der Waals surface area contributed by atoms with Crippen molar-refractivity contribution in [2.24, 2.45) is 0 Å². The maximum atomic E-state index is 10.5. The molecule has 1 N–H and O–H groups in total. The van der Waals surface area contributed by atoms with E-state index in [9.17, 15) is 13.2 Å². The van der Waals surface area contributed by atoms with Crippen molar-refractivity contribution in [3.05, 3.63) is 11.8 Å². The van der Waals surface area contributed by atoms with E-state index in [0.29, 0.717) is 13.2 Å². The molecule has 0 bridgehead atoms. The lowest BCUT2D eigenvalue weighted by atomic mass is 10.4. The lowest BCUT2D eigenvalue weighted by molar-refractivity contribution is -0.888. The zero-order valence-electron chi connectivity index (χ0n) is 13.9. The minimum atomic E-state index is -3.85. The average molecular weight is 339 g/mol. The summed E-state index contributed by atoms with van der Waals surface area (Å²) in [6.45, 7) is 8.02. The maximum absolute atomic E-state index is 10.5. The van der Waals surface area contributed by atoms with Gasteiger partial charge in [-0.25, -0.2) is 4.72 Å². The molecule has 8 nitrogen and oxygen atoms in total. The first-order valence-electron chi connectivity index (χ1n) is 6.95. The molecule has 0 spiro atoms. The minimum absolute atomic E-state index is 0.0729. The number of allylic oxidation sites excluding steroid dienone is 1. The quantitative estimate of drug-likeness (QED) is 0.520. The highest BCUT2D eigenvalue weighted by Crippen LogP contribution is 2.05. The van der Waals surface area contributed by atoms with Crippen LogP contribution in [0.3, 0.4) is 0 Å². The first-order chi connectivity index (χ1) is 10.1. The van der Waals surface area contributed by atoms with Crippen LogP contribution in [0, 0.1) is 0 Å². The summed E-state index contributed by atoms with van der Waals surface area (Å²) in [6.07, 6.45) is 1.06. The van der Waals surface area contributed by atoms with E-state index >= 15 is 0 Å². The molecule has 0 fully saturated rings. The van der Waals surface area contributed by atoms with Crippen LogP contribution in [-0.2, 0) is 28.8 Å². The van der Waals surface area contributed by atoms with E-state index in [-0.39, 0.29) is 5.76 Å². The third-order valence-corrected chi connectivity index (χ3v) is 3.86. The van der Waals surface area contributed by atoms with Crippen LogP contribution in [-0.4, -0.2) is 72.9 Å². The third-order valence-electron chi connectivity index (χ3n) is 2.93. The molecule has 1 aliphatic rings. The van der Waals surface area contributed by atoms with Crippen molar-refractivity contribution in [2.75, 3.05) is 54.1 Å². The summed E-state index contributed by atoms with van der Waals surface area (Å²) in [5.74, 6) is -0.604. The number of rotatable bonds is 7. The summed E-state index contributed by atoms with van der Waals surface area (Å²) in [4.78, 5) is 10.4. The molecular formula is C13H27N2O6S+. The summed E-state index contributed by atoms with van der Waals surface area (Å²) < 4.78 is 38.1. The first-order valence-corrected chi connectivity index (χ1v) is 8.36. The van der Waals surface area contributed by atoms with Gasteiger partial charge in [-0.1, -0.05) is 0 Å². The predicted molar refractivity (Wildman–Crippen MR) is 82.1 cm³/mol. The maximum Gasteiger partial charge on any atom is 0.409 e. The Labute approximate surface area is 132 Å². The van der Waals surface area contributed by atoms with Crippen molar-refractivity contribution in [3.63, 3.8) is 0 Å². The number of methoxy groups -OCH3 is 1. The van der Waals surface area contributed by atoms with Crippen LogP contribution >= 0.6 is 0 Å². The van der Waals surface area contributed by atoms with Gasteiger partial charge in [-0.2, -0.15) is 8.42 Å². The summed E-state index contributed by atoms with van der Waals surface area (Å²) >= 11 is 0. The predicted octanol–water partition coefficient (Wildman–Crippen LogP) is 0.0271. The van der Waals surface area contributed by atoms with Gasteiger partial charge in [0, 0.05) is 13.2 Å². The molecule has 1 aliphatic heterocycles. The number of amides is 1. The Hall–Kier alpha value is -1.16. The van der Waals surface area contributed by atoms with Crippen LogP contribution < -0.4 is 4.72 Å². The summed E-state index contributed by atoms with van der Waals surface area (Å²) in [5, 5.41) is 0. The van der Waals surface area contributed by atoms with Crippen LogP contribution in [0.15, 0.2) is 11.8 Å². The van der Waals surface area contributed by atoms with Gasteiger partial charge in [-0.15, -0.1) is 0 Å². The van der Waals surface area contributed by atoms with Gasteiger partial charge in [-0.3, -0.25) is 4.79 Å². The van der Waals surface area contributed by atoms with Crippen molar-refractivity contribution in [1.82, 2.24) is 4.72 Å². The molecule has 0 aromatic carbocycles. The van der Waals surface area contributed by atoms with Gasteiger partial charge in [-0.05, 0) is 13.8 Å². The fraction of sp³-hybridized carbons (Fsp3) is 0.769. The average Bonchev–Trinajstić information content (AvgIpc) is 2.36. The summed E-state index contributed by atoms with van der Waals surface area (Å²) in [5.41, 5.74) is 0. The number of ether oxygens (including phenoxy) is 2. The largest absolute Gasteiger partial charge is 0.409 e. The number of carbonyl (C=O) groups is 1. The molecule has 0 aliphatic carbocycles. The van der Waals surface area contributed by atoms with E-state index in [1.807, 2.05) is 0 Å². The molecule has 1 heterocycles. The molecule has 0 unspecified atom stereocenters. The highest BCUT2D eigenvalue weighted by atomic mass is 32.2. The van der Waals surface area contributed by atoms with Crippen LogP contribution in [0.1, 0.15) is 13.8 Å². The van der Waals surface area contributed by atoms with Crippen LogP contribution in [0.4, 0.5) is 0 Å². The number of carbonyl (C=O) groups excluding carboxylic acids is 1. The number of hydrogen-bond acceptors (Lipinski definition) is 6. The van der Waals surface area contributed by atoms with E-state index in [1.54, 1.807) is 11.8 Å². The second kappa shape index (κ2) is 9.78. The highest BCUT2D eigenvalue weighted by molar-refractivity contribution is 7.85. The number of likely N-dealkylation sites (N-methyl/N-ethyl adjacent to an activating group) is 1. The van der Waals surface area contributed by atoms with Gasteiger partial charge in [0.05, 0.1) is 40.5 Å². The lowest BCUT2D eigenvalue weighted by Crippen LogP contribution is -2.42. The molecule has 130 valence electrons. The standard InChI is InChI=1S/C9H22NO2.C4H5NO4S/c1-5-10(2,3)6-7-12-9-8-11-4;1-3-2-4(6)5-10(7,8)9-3/h5-9H2,1-4H3;2H,1H3,(H,5,6)/q+1;. The number of nitrogens with zero attached hydrogens (tertiary/aromatic N) is 1. The zero-order valence-corrected chi connectivity index (χ0v) is 14.7. The van der Waals surface area contributed by atoms with E-state index < -0.39 is 16.2 Å². The first kappa shape index (κ1) is 20.8. The Morgan fingerprint density at radius 1 is 1.27 bits per heavy atom. The van der Waals surface area contributed by atoms with Gasteiger partial charge in [0.1, 0.15) is 12.3 Å². The Morgan fingerprint density at radius 2 is 1.91 bits per heavy atom. The van der Waals surface area contributed by atoms with E-state index in [4.69, 9.17) is 9.47 Å². The van der Waals surface area contributed by atoms with Crippen LogP contribution in [0.5, 0.6) is 0 Å². The molecule has 0 radical (unpaired) electrons. The summed E-state index contributed by atoms with van der Waals surface area (Å²) in [6, 6.07) is 0. The minimum Gasteiger partial charge on any atom is -0.382 e. The summed E-state index contributed by atoms with van der Waals surface area (Å²) in [7, 11) is 2.26. The second-order valence-corrected chi connectivity index (χ2v) is 6.62. The van der Waals surface area contributed by atoms with Crippen LogP contribution in [0.2, 0.25) is 0 Å². The molecule has 1 rings (SSSR count). The zero-order chi connectivity index (χ0) is 17.2. The molecule has 0 saturated heterocycles. The number of hydrogen-bond donors (Lipinski definition) is 1. The monoisotopic (exact) mass is 339 g/mol. The van der Waals surface area contributed by atoms with Crippen LogP contribution in [0.25, 0.3) is 0 Å². The molecule has 0 atom stereocenters. The smallest absolute Gasteiger partial charge is 0.382 e. The number of nitrogens with one attached hydrogen (secondary N) is 1. The van der Waals surface area contributed by atoms with Crippen molar-refractivity contribution in [3.8, 4) is 0 Å². The molecule has 0 aromatic rings. The SMILES string of the molecule is CC1=CC(=O)NS(=O)(=O)O1.CC[N+](C)(C)CCOCCOC. The van der Waals surface area contributed by atoms with Crippen molar-refractivity contribution in [2.45, 2.75) is 13.8 Å². The normalized spacial score (nSPS) is 16.8. The second-order valence-electron chi connectivity index (χ2n) is 5.34. The number of quaternary nitrogens is 1. The van der Waals surface area contributed by atoms with Gasteiger partial charge >= 0.3 is 10.3 Å². The van der Waals surface area contributed by atoms with Crippen molar-refractivity contribution in [1.29, 1.82) is 0 Å². The van der Waals surface area contributed by atoms with Gasteiger partial charge < -0.3 is 18.1 Å². The van der Waals surface area contributed by atoms with Gasteiger partial charge in [0.15, 0.2) is 0 Å². The van der Waals surface area contributed by atoms with Gasteiger partial charge in [0.25, 0.3) is 5.91 Å². The van der Waals surface area contributed by atoms with Crippen molar-refractivity contribution < 1.29 is 31.4 Å². The molecule has 9 heteroatoms. The Morgan fingerprint density at radius 3 is 2.36 bits per heavy atom.